The van der Waals surface area contributed by atoms with Crippen LogP contribution < -0.4 is 5.32 Å². The van der Waals surface area contributed by atoms with Crippen molar-refractivity contribution in [3.63, 3.8) is 0 Å². The molecule has 1 saturated carbocycles. The Balaban J connectivity index is 2.27. The van der Waals surface area contributed by atoms with Crippen molar-refractivity contribution in [3.05, 3.63) is 34.9 Å². The van der Waals surface area contributed by atoms with Crippen LogP contribution in [0.25, 0.3) is 0 Å². The summed E-state index contributed by atoms with van der Waals surface area (Å²) < 4.78 is 27.6. The first-order valence-electron chi connectivity index (χ1n) is 6.56. The van der Waals surface area contributed by atoms with E-state index in [1.807, 2.05) is 0 Å². The fraction of sp³-hybridized carbons (Fsp3) is 0.600. The molecule has 2 atom stereocenters. The van der Waals surface area contributed by atoms with Crippen LogP contribution in [0.1, 0.15) is 44.2 Å². The quantitative estimate of drug-likeness (QED) is 0.864. The molecule has 1 fully saturated rings. The zero-order valence-corrected chi connectivity index (χ0v) is 11.5. The summed E-state index contributed by atoms with van der Waals surface area (Å²) >= 11 is 0. The molecule has 3 heteroatoms. The highest BCUT2D eigenvalue weighted by atomic mass is 19.1. The second kappa shape index (κ2) is 4.61. The van der Waals surface area contributed by atoms with Gasteiger partial charge in [-0.25, -0.2) is 8.78 Å². The molecule has 1 N–H and O–H groups in total. The van der Waals surface area contributed by atoms with Gasteiger partial charge in [-0.1, -0.05) is 20.8 Å². The van der Waals surface area contributed by atoms with E-state index in [-0.39, 0.29) is 23.0 Å². The highest BCUT2D eigenvalue weighted by Gasteiger charge is 2.49. The Bertz CT molecular complexity index is 454. The van der Waals surface area contributed by atoms with Crippen molar-refractivity contribution in [1.82, 2.24) is 5.32 Å². The summed E-state index contributed by atoms with van der Waals surface area (Å²) in [5.74, 6) is -0.493. The number of aryl methyl sites for hydroxylation is 1. The van der Waals surface area contributed by atoms with E-state index in [0.717, 1.165) is 13.0 Å². The number of nitrogens with one attached hydrogen (secondary N) is 1. The zero-order chi connectivity index (χ0) is 13.5. The van der Waals surface area contributed by atoms with E-state index in [2.05, 4.69) is 26.1 Å². The average Bonchev–Trinajstić information content (AvgIpc) is 2.30. The second-order valence-corrected chi connectivity index (χ2v) is 5.84. The van der Waals surface area contributed by atoms with Crippen LogP contribution in [0.4, 0.5) is 8.78 Å². The van der Waals surface area contributed by atoms with E-state index in [4.69, 9.17) is 0 Å². The molecule has 2 unspecified atom stereocenters. The maximum Gasteiger partial charge on any atom is 0.127 e. The maximum atomic E-state index is 14.0. The van der Waals surface area contributed by atoms with Gasteiger partial charge in [-0.15, -0.1) is 0 Å². The Morgan fingerprint density at radius 1 is 1.28 bits per heavy atom. The average molecular weight is 253 g/mol. The Hall–Kier alpha value is -0.960. The number of hydrogen-bond acceptors (Lipinski definition) is 1. The van der Waals surface area contributed by atoms with Gasteiger partial charge in [0.05, 0.1) is 0 Å². The van der Waals surface area contributed by atoms with Gasteiger partial charge < -0.3 is 5.32 Å². The lowest BCUT2D eigenvalue weighted by Gasteiger charge is -2.53. The molecule has 0 radical (unpaired) electrons. The normalized spacial score (nSPS) is 25.9. The highest BCUT2D eigenvalue weighted by Crippen LogP contribution is 2.53. The molecule has 1 aromatic carbocycles. The number of hydrogen-bond donors (Lipinski definition) is 1. The van der Waals surface area contributed by atoms with Gasteiger partial charge in [-0.05, 0) is 54.5 Å². The van der Waals surface area contributed by atoms with Crippen LogP contribution in [0, 0.1) is 24.0 Å². The lowest BCUT2D eigenvalue weighted by molar-refractivity contribution is 0.0681. The van der Waals surface area contributed by atoms with Gasteiger partial charge in [0, 0.05) is 6.04 Å². The third kappa shape index (κ3) is 2.05. The van der Waals surface area contributed by atoms with E-state index in [1.165, 1.54) is 12.1 Å². The van der Waals surface area contributed by atoms with Crippen LogP contribution in [-0.4, -0.2) is 12.6 Å². The van der Waals surface area contributed by atoms with E-state index >= 15 is 0 Å². The van der Waals surface area contributed by atoms with Crippen molar-refractivity contribution in [2.75, 3.05) is 6.54 Å². The third-order valence-corrected chi connectivity index (χ3v) is 4.37. The molecule has 1 aliphatic rings. The van der Waals surface area contributed by atoms with Crippen LogP contribution in [0.5, 0.6) is 0 Å². The predicted octanol–water partition coefficient (Wildman–Crippen LogP) is 3.76. The van der Waals surface area contributed by atoms with E-state index in [0.29, 0.717) is 17.2 Å². The lowest BCUT2D eigenvalue weighted by Crippen LogP contribution is -2.55. The van der Waals surface area contributed by atoms with E-state index in [9.17, 15) is 8.78 Å². The summed E-state index contributed by atoms with van der Waals surface area (Å²) in [4.78, 5) is 0. The Morgan fingerprint density at radius 3 is 2.50 bits per heavy atom. The number of benzene rings is 1. The first-order chi connectivity index (χ1) is 8.37. The Labute approximate surface area is 108 Å². The zero-order valence-electron chi connectivity index (χ0n) is 11.5. The maximum absolute atomic E-state index is 14.0. The van der Waals surface area contributed by atoms with Crippen molar-refractivity contribution in [2.45, 2.75) is 46.1 Å². The molecule has 0 amide bonds. The van der Waals surface area contributed by atoms with Crippen molar-refractivity contribution < 1.29 is 8.78 Å². The van der Waals surface area contributed by atoms with Gasteiger partial charge in [0.1, 0.15) is 11.6 Å². The van der Waals surface area contributed by atoms with Crippen LogP contribution in [-0.2, 0) is 0 Å². The van der Waals surface area contributed by atoms with Gasteiger partial charge in [-0.2, -0.15) is 0 Å². The molecule has 2 rings (SSSR count). The first kappa shape index (κ1) is 13.5. The standard InChI is InChI=1S/C15H21F2N/c1-5-18-14-8-11(15(14,3)4)10-7-12(16)9(2)6-13(10)17/h6-7,11,14,18H,5,8H2,1-4H3. The summed E-state index contributed by atoms with van der Waals surface area (Å²) in [7, 11) is 0. The molecule has 1 aromatic rings. The number of halogens is 2. The molecule has 18 heavy (non-hydrogen) atoms. The molecule has 0 spiro atoms. The van der Waals surface area contributed by atoms with E-state index in [1.54, 1.807) is 6.92 Å². The molecule has 1 aliphatic carbocycles. The first-order valence-corrected chi connectivity index (χ1v) is 6.56. The van der Waals surface area contributed by atoms with Crippen molar-refractivity contribution in [3.8, 4) is 0 Å². The Morgan fingerprint density at radius 2 is 1.94 bits per heavy atom. The van der Waals surface area contributed by atoms with Gasteiger partial charge in [0.2, 0.25) is 0 Å². The summed E-state index contributed by atoms with van der Waals surface area (Å²) in [6.07, 6.45) is 0.875. The molecule has 0 aromatic heterocycles. The summed E-state index contributed by atoms with van der Waals surface area (Å²) in [5, 5.41) is 3.40. The number of rotatable bonds is 3. The largest absolute Gasteiger partial charge is 0.314 e. The smallest absolute Gasteiger partial charge is 0.127 e. The van der Waals surface area contributed by atoms with Gasteiger partial charge >= 0.3 is 0 Å². The highest BCUT2D eigenvalue weighted by molar-refractivity contribution is 5.32. The minimum atomic E-state index is -0.311. The van der Waals surface area contributed by atoms with Crippen molar-refractivity contribution >= 4 is 0 Å². The van der Waals surface area contributed by atoms with Gasteiger partial charge in [-0.3, -0.25) is 0 Å². The van der Waals surface area contributed by atoms with Crippen LogP contribution in [0.2, 0.25) is 0 Å². The summed E-state index contributed by atoms with van der Waals surface area (Å²) in [6, 6.07) is 3.07. The molecule has 0 aliphatic heterocycles. The van der Waals surface area contributed by atoms with Crippen LogP contribution in [0.3, 0.4) is 0 Å². The summed E-state index contributed by atoms with van der Waals surface area (Å²) in [6.45, 7) is 8.80. The molecule has 0 heterocycles. The predicted molar refractivity (Wildman–Crippen MR) is 69.7 cm³/mol. The van der Waals surface area contributed by atoms with Crippen molar-refractivity contribution in [1.29, 1.82) is 0 Å². The second-order valence-electron chi connectivity index (χ2n) is 5.84. The molecule has 1 nitrogen and oxygen atoms in total. The van der Waals surface area contributed by atoms with Gasteiger partial charge in [0.15, 0.2) is 0 Å². The Kier molecular flexibility index (Phi) is 3.45. The molecular formula is C15H21F2N. The van der Waals surface area contributed by atoms with E-state index < -0.39 is 0 Å². The monoisotopic (exact) mass is 253 g/mol. The van der Waals surface area contributed by atoms with Crippen molar-refractivity contribution in [2.24, 2.45) is 5.41 Å². The minimum Gasteiger partial charge on any atom is -0.314 e. The summed E-state index contributed by atoms with van der Waals surface area (Å²) in [5.41, 5.74) is 0.868. The van der Waals surface area contributed by atoms with Crippen LogP contribution >= 0.6 is 0 Å². The molecule has 0 saturated heterocycles. The van der Waals surface area contributed by atoms with Gasteiger partial charge in [0.25, 0.3) is 0 Å². The molecule has 100 valence electrons. The molecular weight excluding hydrogens is 232 g/mol. The third-order valence-electron chi connectivity index (χ3n) is 4.37. The SMILES string of the molecule is CCNC1CC(c2cc(F)c(C)cc2F)C1(C)C. The topological polar surface area (TPSA) is 12.0 Å². The fourth-order valence-corrected chi connectivity index (χ4v) is 2.97. The lowest BCUT2D eigenvalue weighted by atomic mass is 9.56. The molecule has 0 bridgehead atoms. The fourth-order valence-electron chi connectivity index (χ4n) is 2.97. The van der Waals surface area contributed by atoms with Crippen LogP contribution in [0.15, 0.2) is 12.1 Å². The minimum absolute atomic E-state index is 0.0292.